The third kappa shape index (κ3) is 4.86. The van der Waals surface area contributed by atoms with Crippen molar-refractivity contribution in [1.29, 1.82) is 0 Å². The summed E-state index contributed by atoms with van der Waals surface area (Å²) in [6, 6.07) is 11.8. The molecule has 0 spiro atoms. The zero-order valence-corrected chi connectivity index (χ0v) is 19.8. The minimum absolute atomic E-state index is 0.161. The molecule has 0 radical (unpaired) electrons. The van der Waals surface area contributed by atoms with Crippen LogP contribution in [0.3, 0.4) is 0 Å². The van der Waals surface area contributed by atoms with Crippen LogP contribution in [0.5, 0.6) is 11.5 Å². The van der Waals surface area contributed by atoms with Crippen LogP contribution in [0.1, 0.15) is 18.4 Å². The topological polar surface area (TPSA) is 84.2 Å². The van der Waals surface area contributed by atoms with Crippen molar-refractivity contribution in [3.05, 3.63) is 71.6 Å². The Labute approximate surface area is 208 Å². The molecule has 2 aliphatic heterocycles. The summed E-state index contributed by atoms with van der Waals surface area (Å²) in [6.07, 6.45) is 2.58. The van der Waals surface area contributed by atoms with Crippen LogP contribution in [0.15, 0.2) is 48.8 Å². The van der Waals surface area contributed by atoms with E-state index in [1.54, 1.807) is 17.0 Å². The van der Waals surface area contributed by atoms with Gasteiger partial charge in [0.25, 0.3) is 0 Å². The van der Waals surface area contributed by atoms with E-state index in [0.29, 0.717) is 49.4 Å². The van der Waals surface area contributed by atoms with Gasteiger partial charge in [-0.15, -0.1) is 0 Å². The van der Waals surface area contributed by atoms with E-state index < -0.39 is 5.82 Å². The average Bonchev–Trinajstić information content (AvgIpc) is 2.91. The van der Waals surface area contributed by atoms with E-state index in [1.807, 2.05) is 19.1 Å². The second-order valence-corrected chi connectivity index (χ2v) is 8.72. The fourth-order valence-corrected chi connectivity index (χ4v) is 4.43. The number of fused-ring (bicyclic) bond motifs is 1. The number of aryl methyl sites for hydroxylation is 1. The maximum absolute atomic E-state index is 14.4. The molecule has 3 aromatic rings. The second kappa shape index (κ2) is 10.1. The fraction of sp³-hybridized carbons (Fsp3) is 0.308. The summed E-state index contributed by atoms with van der Waals surface area (Å²) in [5.74, 6) is 1.44. The maximum atomic E-state index is 14.4. The maximum Gasteiger partial charge on any atom is 0.415 e. The zero-order chi connectivity index (χ0) is 25.1. The lowest BCUT2D eigenvalue weighted by Crippen LogP contribution is -2.50. The highest BCUT2D eigenvalue weighted by molar-refractivity contribution is 5.73. The predicted molar refractivity (Wildman–Crippen MR) is 133 cm³/mol. The smallest absolute Gasteiger partial charge is 0.415 e. The molecular formula is C26H25FN6O3. The van der Waals surface area contributed by atoms with E-state index in [9.17, 15) is 9.18 Å². The number of carbonyl (C=O) groups excluding carboxylic acids is 1. The first kappa shape index (κ1) is 23.4. The standard InChI is InChI=1S/C26H25FN6O3/c1-17-3-6-20(7-4-17)36-26(34)32-11-9-19(10-12-32)33-13-14-35-23-24(29-16-30-25(23)33)31-22-8-5-18(28-2)15-21(22)27/h3-8,15-16,19H,9-14H2,1H3,(H,29,30,31). The van der Waals surface area contributed by atoms with Crippen molar-refractivity contribution in [3.63, 3.8) is 0 Å². The first-order valence-corrected chi connectivity index (χ1v) is 11.7. The van der Waals surface area contributed by atoms with Crippen LogP contribution < -0.4 is 19.7 Å². The Hall–Kier alpha value is -4.39. The van der Waals surface area contributed by atoms with Crippen LogP contribution in [-0.2, 0) is 0 Å². The van der Waals surface area contributed by atoms with Gasteiger partial charge in [0.1, 0.15) is 24.5 Å². The van der Waals surface area contributed by atoms with Gasteiger partial charge in [-0.2, -0.15) is 0 Å². The van der Waals surface area contributed by atoms with Crippen LogP contribution in [0.25, 0.3) is 4.85 Å². The van der Waals surface area contributed by atoms with Crippen molar-refractivity contribution in [2.24, 2.45) is 0 Å². The molecule has 0 atom stereocenters. The average molecular weight is 489 g/mol. The van der Waals surface area contributed by atoms with Crippen molar-refractivity contribution in [2.45, 2.75) is 25.8 Å². The summed E-state index contributed by atoms with van der Waals surface area (Å²) >= 11 is 0. The number of piperidine rings is 1. The number of hydrogen-bond donors (Lipinski definition) is 1. The number of halogens is 1. The highest BCUT2D eigenvalue weighted by atomic mass is 19.1. The van der Waals surface area contributed by atoms with Crippen molar-refractivity contribution < 1.29 is 18.7 Å². The molecule has 36 heavy (non-hydrogen) atoms. The SMILES string of the molecule is [C-]#[N+]c1ccc(Nc2ncnc3c2OCCN3C2CCN(C(=O)Oc3ccc(C)cc3)CC2)c(F)c1. The molecule has 1 aromatic heterocycles. The molecule has 1 N–H and O–H groups in total. The molecule has 0 unspecified atom stereocenters. The van der Waals surface area contributed by atoms with Crippen molar-refractivity contribution in [2.75, 3.05) is 36.5 Å². The number of rotatable bonds is 4. The van der Waals surface area contributed by atoms with Gasteiger partial charge in [0.15, 0.2) is 17.3 Å². The van der Waals surface area contributed by atoms with Gasteiger partial charge in [-0.1, -0.05) is 23.8 Å². The summed E-state index contributed by atoms with van der Waals surface area (Å²) in [6.45, 7) is 11.2. The molecule has 0 bridgehead atoms. The molecular weight excluding hydrogens is 463 g/mol. The molecule has 1 saturated heterocycles. The minimum atomic E-state index is -0.548. The first-order valence-electron chi connectivity index (χ1n) is 11.7. The van der Waals surface area contributed by atoms with Crippen molar-refractivity contribution in [1.82, 2.24) is 14.9 Å². The number of aromatic nitrogens is 2. The van der Waals surface area contributed by atoms with Gasteiger partial charge < -0.3 is 24.6 Å². The molecule has 184 valence electrons. The molecule has 3 heterocycles. The highest BCUT2D eigenvalue weighted by Crippen LogP contribution is 2.39. The third-order valence-corrected chi connectivity index (χ3v) is 6.36. The van der Waals surface area contributed by atoms with E-state index in [0.717, 1.165) is 18.4 Å². The van der Waals surface area contributed by atoms with Crippen molar-refractivity contribution >= 4 is 29.1 Å². The summed E-state index contributed by atoms with van der Waals surface area (Å²) in [4.78, 5) is 28.5. The lowest BCUT2D eigenvalue weighted by Gasteiger charge is -2.41. The molecule has 9 nitrogen and oxygen atoms in total. The summed E-state index contributed by atoms with van der Waals surface area (Å²) in [7, 11) is 0. The quantitative estimate of drug-likeness (QED) is 0.513. The van der Waals surface area contributed by atoms with Gasteiger partial charge in [0.05, 0.1) is 18.8 Å². The van der Waals surface area contributed by atoms with Gasteiger partial charge in [0, 0.05) is 19.1 Å². The minimum Gasteiger partial charge on any atom is -0.485 e. The zero-order valence-electron chi connectivity index (χ0n) is 19.8. The molecule has 10 heteroatoms. The van der Waals surface area contributed by atoms with Gasteiger partial charge in [-0.3, -0.25) is 0 Å². The van der Waals surface area contributed by atoms with E-state index in [-0.39, 0.29) is 23.5 Å². The fourth-order valence-electron chi connectivity index (χ4n) is 4.43. The van der Waals surface area contributed by atoms with E-state index >= 15 is 0 Å². The third-order valence-electron chi connectivity index (χ3n) is 6.36. The van der Waals surface area contributed by atoms with Gasteiger partial charge in [0.2, 0.25) is 5.75 Å². The van der Waals surface area contributed by atoms with Crippen LogP contribution in [0.4, 0.5) is 32.2 Å². The van der Waals surface area contributed by atoms with Crippen LogP contribution in [0.2, 0.25) is 0 Å². The van der Waals surface area contributed by atoms with Crippen LogP contribution in [-0.4, -0.2) is 53.2 Å². The molecule has 1 fully saturated rings. The number of anilines is 3. The van der Waals surface area contributed by atoms with E-state index in [4.69, 9.17) is 16.0 Å². The van der Waals surface area contributed by atoms with E-state index in [2.05, 4.69) is 25.0 Å². The number of carbonyl (C=O) groups is 1. The number of ether oxygens (including phenoxy) is 2. The molecule has 0 aliphatic carbocycles. The molecule has 2 aliphatic rings. The Bertz CT molecular complexity index is 1300. The Morgan fingerprint density at radius 2 is 1.94 bits per heavy atom. The summed E-state index contributed by atoms with van der Waals surface area (Å²) in [5, 5.41) is 2.97. The normalized spacial score (nSPS) is 15.5. The predicted octanol–water partition coefficient (Wildman–Crippen LogP) is 5.08. The molecule has 1 amide bonds. The number of likely N-dealkylation sites (tertiary alicyclic amines) is 1. The van der Waals surface area contributed by atoms with Gasteiger partial charge >= 0.3 is 6.09 Å². The number of benzene rings is 2. The second-order valence-electron chi connectivity index (χ2n) is 8.72. The number of nitrogens with zero attached hydrogens (tertiary/aromatic N) is 5. The molecule has 0 saturated carbocycles. The highest BCUT2D eigenvalue weighted by Gasteiger charge is 2.33. The molecule has 5 rings (SSSR count). The van der Waals surface area contributed by atoms with Crippen LogP contribution in [0, 0.1) is 19.3 Å². The summed E-state index contributed by atoms with van der Waals surface area (Å²) < 4.78 is 25.8. The lowest BCUT2D eigenvalue weighted by atomic mass is 10.0. The Morgan fingerprint density at radius 1 is 1.17 bits per heavy atom. The van der Waals surface area contributed by atoms with Crippen molar-refractivity contribution in [3.8, 4) is 11.5 Å². The Kier molecular flexibility index (Phi) is 6.54. The van der Waals surface area contributed by atoms with Gasteiger partial charge in [-0.25, -0.2) is 24.0 Å². The Balaban J connectivity index is 1.26. The number of hydrogen-bond acceptors (Lipinski definition) is 7. The summed E-state index contributed by atoms with van der Waals surface area (Å²) in [5.41, 5.74) is 1.52. The molecule has 2 aromatic carbocycles. The first-order chi connectivity index (χ1) is 17.5. The Morgan fingerprint density at radius 3 is 2.67 bits per heavy atom. The van der Waals surface area contributed by atoms with E-state index in [1.165, 1.54) is 24.5 Å². The monoisotopic (exact) mass is 488 g/mol. The largest absolute Gasteiger partial charge is 0.485 e. The number of nitrogens with one attached hydrogen (secondary N) is 1. The van der Waals surface area contributed by atoms with Gasteiger partial charge in [-0.05, 0) is 44.0 Å². The lowest BCUT2D eigenvalue weighted by molar-refractivity contribution is 0.137. The van der Waals surface area contributed by atoms with Crippen LogP contribution >= 0.6 is 0 Å². The number of amides is 1.